The summed E-state index contributed by atoms with van der Waals surface area (Å²) in [6, 6.07) is 4.34. The summed E-state index contributed by atoms with van der Waals surface area (Å²) in [5, 5.41) is 3.36. The van der Waals surface area contributed by atoms with Crippen LogP contribution in [0.25, 0.3) is 0 Å². The van der Waals surface area contributed by atoms with Crippen LogP contribution in [0.15, 0.2) is 18.3 Å². The molecule has 1 aliphatic carbocycles. The van der Waals surface area contributed by atoms with Gasteiger partial charge in [-0.05, 0) is 45.6 Å². The molecule has 1 saturated carbocycles. The van der Waals surface area contributed by atoms with Gasteiger partial charge in [-0.25, -0.2) is 0 Å². The van der Waals surface area contributed by atoms with E-state index in [-0.39, 0.29) is 5.54 Å². The van der Waals surface area contributed by atoms with Gasteiger partial charge in [0, 0.05) is 12.7 Å². The lowest BCUT2D eigenvalue weighted by Crippen LogP contribution is -2.25. The van der Waals surface area contributed by atoms with Gasteiger partial charge in [-0.1, -0.05) is 6.07 Å². The lowest BCUT2D eigenvalue weighted by atomic mass is 10.1. The number of hydrogen-bond acceptors (Lipinski definition) is 3. The van der Waals surface area contributed by atoms with Gasteiger partial charge in [-0.15, -0.1) is 0 Å². The maximum absolute atomic E-state index is 4.55. The topological polar surface area (TPSA) is 28.2 Å². The fourth-order valence-electron chi connectivity index (χ4n) is 1.93. The van der Waals surface area contributed by atoms with E-state index in [0.29, 0.717) is 0 Å². The third-order valence-corrected chi connectivity index (χ3v) is 3.04. The molecule has 3 heteroatoms. The van der Waals surface area contributed by atoms with Crippen LogP contribution in [0.4, 0.5) is 0 Å². The first-order chi connectivity index (χ1) is 7.16. The van der Waals surface area contributed by atoms with Crippen LogP contribution in [0.5, 0.6) is 0 Å². The first-order valence-electron chi connectivity index (χ1n) is 5.45. The van der Waals surface area contributed by atoms with E-state index in [1.807, 2.05) is 13.2 Å². The molecule has 0 aromatic carbocycles. The zero-order valence-corrected chi connectivity index (χ0v) is 9.75. The van der Waals surface area contributed by atoms with Crippen molar-refractivity contribution in [3.8, 4) is 0 Å². The van der Waals surface area contributed by atoms with Crippen LogP contribution in [-0.4, -0.2) is 31.0 Å². The molecule has 1 aromatic rings. The molecule has 82 valence electrons. The van der Waals surface area contributed by atoms with E-state index in [9.17, 15) is 0 Å². The van der Waals surface area contributed by atoms with Crippen molar-refractivity contribution in [2.75, 3.05) is 21.1 Å². The minimum atomic E-state index is 0.191. The summed E-state index contributed by atoms with van der Waals surface area (Å²) in [5.41, 5.74) is 2.65. The van der Waals surface area contributed by atoms with E-state index in [2.05, 4.69) is 41.4 Å². The van der Waals surface area contributed by atoms with Crippen molar-refractivity contribution in [3.05, 3.63) is 29.6 Å². The van der Waals surface area contributed by atoms with Crippen molar-refractivity contribution in [2.24, 2.45) is 0 Å². The number of nitrogens with zero attached hydrogens (tertiary/aromatic N) is 2. The molecule has 0 saturated heterocycles. The van der Waals surface area contributed by atoms with Gasteiger partial charge in [0.15, 0.2) is 0 Å². The van der Waals surface area contributed by atoms with E-state index in [4.69, 9.17) is 0 Å². The van der Waals surface area contributed by atoms with E-state index in [1.165, 1.54) is 24.1 Å². The Kier molecular flexibility index (Phi) is 2.76. The fraction of sp³-hybridized carbons (Fsp3) is 0.583. The molecule has 0 amide bonds. The number of hydrogen-bond donors (Lipinski definition) is 1. The maximum Gasteiger partial charge on any atom is 0.0607 e. The van der Waals surface area contributed by atoms with Gasteiger partial charge in [0.05, 0.1) is 11.2 Å². The van der Waals surface area contributed by atoms with Crippen molar-refractivity contribution in [1.29, 1.82) is 0 Å². The summed E-state index contributed by atoms with van der Waals surface area (Å²) >= 11 is 0. The Hall–Kier alpha value is -0.930. The highest BCUT2D eigenvalue weighted by atomic mass is 15.1. The van der Waals surface area contributed by atoms with E-state index in [1.54, 1.807) is 0 Å². The molecule has 3 nitrogen and oxygen atoms in total. The van der Waals surface area contributed by atoms with Gasteiger partial charge in [0.1, 0.15) is 0 Å². The molecule has 0 unspecified atom stereocenters. The summed E-state index contributed by atoms with van der Waals surface area (Å²) in [4.78, 5) is 6.70. The van der Waals surface area contributed by atoms with Gasteiger partial charge in [-0.2, -0.15) is 0 Å². The second-order valence-corrected chi connectivity index (χ2v) is 4.62. The van der Waals surface area contributed by atoms with Crippen LogP contribution < -0.4 is 5.32 Å². The Morgan fingerprint density at radius 2 is 2.13 bits per heavy atom. The summed E-state index contributed by atoms with van der Waals surface area (Å²) in [6.45, 7) is 0.958. The zero-order chi connectivity index (χ0) is 10.9. The molecule has 0 spiro atoms. The standard InChI is InChI=1S/C12H19N3/c1-13-12(6-7-12)11-5-4-10(8-14-11)9-15(2)3/h4-5,8,13H,6-7,9H2,1-3H3. The number of aromatic nitrogens is 1. The highest BCUT2D eigenvalue weighted by Crippen LogP contribution is 2.43. The van der Waals surface area contributed by atoms with E-state index >= 15 is 0 Å². The SMILES string of the molecule is CNC1(c2ccc(CN(C)C)cn2)CC1. The normalized spacial score (nSPS) is 18.1. The Balaban J connectivity index is 2.10. The Labute approximate surface area is 91.5 Å². The molecule has 1 heterocycles. The van der Waals surface area contributed by atoms with E-state index < -0.39 is 0 Å². The lowest BCUT2D eigenvalue weighted by Gasteiger charge is -2.14. The maximum atomic E-state index is 4.55. The monoisotopic (exact) mass is 205 g/mol. The molecule has 0 radical (unpaired) electrons. The summed E-state index contributed by atoms with van der Waals surface area (Å²) < 4.78 is 0. The number of pyridine rings is 1. The molecule has 0 aliphatic heterocycles. The van der Waals surface area contributed by atoms with Gasteiger partial charge < -0.3 is 10.2 Å². The predicted octanol–water partition coefficient (Wildman–Crippen LogP) is 1.35. The Morgan fingerprint density at radius 1 is 1.40 bits per heavy atom. The molecule has 15 heavy (non-hydrogen) atoms. The summed E-state index contributed by atoms with van der Waals surface area (Å²) in [6.07, 6.45) is 4.42. The second-order valence-electron chi connectivity index (χ2n) is 4.62. The molecule has 1 N–H and O–H groups in total. The van der Waals surface area contributed by atoms with Crippen LogP contribution in [-0.2, 0) is 12.1 Å². The van der Waals surface area contributed by atoms with Gasteiger partial charge in [-0.3, -0.25) is 4.98 Å². The second kappa shape index (κ2) is 3.91. The highest BCUT2D eigenvalue weighted by Gasteiger charge is 2.43. The van der Waals surface area contributed by atoms with Crippen molar-refractivity contribution in [1.82, 2.24) is 15.2 Å². The Morgan fingerprint density at radius 3 is 2.53 bits per heavy atom. The van der Waals surface area contributed by atoms with Gasteiger partial charge >= 0.3 is 0 Å². The zero-order valence-electron chi connectivity index (χ0n) is 9.75. The highest BCUT2D eigenvalue weighted by molar-refractivity contribution is 5.25. The fourth-order valence-corrected chi connectivity index (χ4v) is 1.93. The van der Waals surface area contributed by atoms with Crippen LogP contribution in [0.2, 0.25) is 0 Å². The molecule has 0 atom stereocenters. The predicted molar refractivity (Wildman–Crippen MR) is 61.6 cm³/mol. The van der Waals surface area contributed by atoms with Crippen LogP contribution in [0.1, 0.15) is 24.1 Å². The molecule has 1 aromatic heterocycles. The van der Waals surface area contributed by atoms with Crippen LogP contribution in [0.3, 0.4) is 0 Å². The quantitative estimate of drug-likeness (QED) is 0.804. The molecule has 1 fully saturated rings. The largest absolute Gasteiger partial charge is 0.309 e. The third kappa shape index (κ3) is 2.19. The van der Waals surface area contributed by atoms with Gasteiger partial charge in [0.25, 0.3) is 0 Å². The van der Waals surface area contributed by atoms with Crippen LogP contribution in [0, 0.1) is 0 Å². The minimum Gasteiger partial charge on any atom is -0.309 e. The number of rotatable bonds is 4. The molecular formula is C12H19N3. The third-order valence-electron chi connectivity index (χ3n) is 3.04. The summed E-state index contributed by atoms with van der Waals surface area (Å²) in [5.74, 6) is 0. The van der Waals surface area contributed by atoms with E-state index in [0.717, 1.165) is 6.54 Å². The van der Waals surface area contributed by atoms with Crippen LogP contribution >= 0.6 is 0 Å². The average Bonchev–Trinajstić information content (AvgIpc) is 2.99. The first kappa shape index (κ1) is 10.6. The van der Waals surface area contributed by atoms with Crippen molar-refractivity contribution >= 4 is 0 Å². The Bertz CT molecular complexity index is 325. The molecular weight excluding hydrogens is 186 g/mol. The molecule has 0 bridgehead atoms. The molecule has 1 aliphatic rings. The summed E-state index contributed by atoms with van der Waals surface area (Å²) in [7, 11) is 6.16. The average molecular weight is 205 g/mol. The first-order valence-corrected chi connectivity index (χ1v) is 5.45. The van der Waals surface area contributed by atoms with Crippen molar-refractivity contribution in [2.45, 2.75) is 24.9 Å². The van der Waals surface area contributed by atoms with Crippen molar-refractivity contribution in [3.63, 3.8) is 0 Å². The lowest BCUT2D eigenvalue weighted by molar-refractivity contribution is 0.401. The number of nitrogens with one attached hydrogen (secondary N) is 1. The van der Waals surface area contributed by atoms with Gasteiger partial charge in [0.2, 0.25) is 0 Å². The smallest absolute Gasteiger partial charge is 0.0607 e. The molecule has 2 rings (SSSR count). The minimum absolute atomic E-state index is 0.191. The van der Waals surface area contributed by atoms with Crippen molar-refractivity contribution < 1.29 is 0 Å².